The maximum atomic E-state index is 9.95. The number of aliphatic hydroxyl groups excluding tert-OH is 1. The molecule has 1 heterocycles. The van der Waals surface area contributed by atoms with Crippen molar-refractivity contribution in [2.45, 2.75) is 32.5 Å². The summed E-state index contributed by atoms with van der Waals surface area (Å²) in [4.78, 5) is 0. The molecule has 0 aliphatic rings. The van der Waals surface area contributed by atoms with E-state index in [0.29, 0.717) is 13.0 Å². The number of nitrogens with zero attached hydrogens (tertiary/aromatic N) is 2. The number of nitrogens with one attached hydrogen (secondary N) is 1. The Kier molecular flexibility index (Phi) is 5.12. The molecule has 2 aromatic rings. The van der Waals surface area contributed by atoms with Gasteiger partial charge in [0.1, 0.15) is 0 Å². The van der Waals surface area contributed by atoms with Gasteiger partial charge in [0, 0.05) is 31.4 Å². The third-order valence-corrected chi connectivity index (χ3v) is 3.03. The van der Waals surface area contributed by atoms with Gasteiger partial charge in [-0.2, -0.15) is 5.10 Å². The van der Waals surface area contributed by atoms with Crippen LogP contribution in [0.25, 0.3) is 0 Å². The lowest BCUT2D eigenvalue weighted by molar-refractivity contribution is 0.171. The third kappa shape index (κ3) is 4.50. The second-order valence-electron chi connectivity index (χ2n) is 4.68. The smallest absolute Gasteiger partial charge is 0.0704 e. The predicted molar refractivity (Wildman–Crippen MR) is 75.8 cm³/mol. The summed E-state index contributed by atoms with van der Waals surface area (Å²) in [6, 6.07) is 10.0. The van der Waals surface area contributed by atoms with Crippen LogP contribution in [0.1, 0.15) is 18.1 Å². The number of aromatic nitrogens is 2. The molecule has 0 bridgehead atoms. The van der Waals surface area contributed by atoms with Crippen LogP contribution >= 0.6 is 0 Å². The van der Waals surface area contributed by atoms with Gasteiger partial charge in [0.2, 0.25) is 0 Å². The summed E-state index contributed by atoms with van der Waals surface area (Å²) in [5.74, 6) is 0. The Morgan fingerprint density at radius 3 is 2.74 bits per heavy atom. The molecule has 1 atom stereocenters. The van der Waals surface area contributed by atoms with Crippen LogP contribution in [0.15, 0.2) is 42.7 Å². The lowest BCUT2D eigenvalue weighted by atomic mass is 10.1. The highest BCUT2D eigenvalue weighted by atomic mass is 16.3. The van der Waals surface area contributed by atoms with Crippen LogP contribution in [-0.4, -0.2) is 27.5 Å². The van der Waals surface area contributed by atoms with Crippen LogP contribution in [0.3, 0.4) is 0 Å². The number of hydrogen-bond donors (Lipinski definition) is 2. The molecule has 1 aromatic carbocycles. The standard InChI is InChI=1S/C15H21N3O/c1-2-18-12-14(10-17-18)9-16-11-15(19)8-13-6-4-3-5-7-13/h3-7,10,12,15-16,19H,2,8-9,11H2,1H3. The highest BCUT2D eigenvalue weighted by Gasteiger charge is 2.05. The molecule has 0 aliphatic carbocycles. The maximum Gasteiger partial charge on any atom is 0.0704 e. The molecule has 2 N–H and O–H groups in total. The Bertz CT molecular complexity index is 481. The first-order valence-electron chi connectivity index (χ1n) is 6.72. The zero-order valence-corrected chi connectivity index (χ0v) is 11.3. The van der Waals surface area contributed by atoms with Gasteiger partial charge < -0.3 is 10.4 Å². The molecule has 0 saturated heterocycles. The third-order valence-electron chi connectivity index (χ3n) is 3.03. The van der Waals surface area contributed by atoms with Crippen LogP contribution in [0.4, 0.5) is 0 Å². The summed E-state index contributed by atoms with van der Waals surface area (Å²) in [6.07, 6.45) is 4.21. The van der Waals surface area contributed by atoms with Gasteiger partial charge in [0.25, 0.3) is 0 Å². The van der Waals surface area contributed by atoms with Crippen LogP contribution < -0.4 is 5.32 Å². The summed E-state index contributed by atoms with van der Waals surface area (Å²) in [6.45, 7) is 4.28. The summed E-state index contributed by atoms with van der Waals surface area (Å²) in [7, 11) is 0. The molecule has 0 saturated carbocycles. The van der Waals surface area contributed by atoms with Gasteiger partial charge in [-0.15, -0.1) is 0 Å². The molecule has 19 heavy (non-hydrogen) atoms. The van der Waals surface area contributed by atoms with Crippen molar-refractivity contribution in [2.75, 3.05) is 6.54 Å². The average Bonchev–Trinajstić information content (AvgIpc) is 2.88. The average molecular weight is 259 g/mol. The van der Waals surface area contributed by atoms with Crippen molar-refractivity contribution >= 4 is 0 Å². The number of benzene rings is 1. The molecule has 102 valence electrons. The summed E-state index contributed by atoms with van der Waals surface area (Å²) in [5, 5.41) is 17.4. The maximum absolute atomic E-state index is 9.95. The second kappa shape index (κ2) is 7.07. The molecule has 4 heteroatoms. The van der Waals surface area contributed by atoms with Crippen molar-refractivity contribution in [2.24, 2.45) is 0 Å². The Labute approximate surface area is 114 Å². The fourth-order valence-corrected chi connectivity index (χ4v) is 2.01. The van der Waals surface area contributed by atoms with E-state index < -0.39 is 0 Å². The minimum atomic E-state index is -0.358. The molecular weight excluding hydrogens is 238 g/mol. The predicted octanol–water partition coefficient (Wildman–Crippen LogP) is 1.60. The van der Waals surface area contributed by atoms with E-state index in [0.717, 1.165) is 24.2 Å². The van der Waals surface area contributed by atoms with Crippen molar-refractivity contribution in [3.05, 3.63) is 53.9 Å². The van der Waals surface area contributed by atoms with E-state index >= 15 is 0 Å². The molecule has 2 rings (SSSR count). The van der Waals surface area contributed by atoms with E-state index in [1.54, 1.807) is 0 Å². The highest BCUT2D eigenvalue weighted by molar-refractivity contribution is 5.15. The Morgan fingerprint density at radius 1 is 1.26 bits per heavy atom. The van der Waals surface area contributed by atoms with E-state index in [9.17, 15) is 5.11 Å². The van der Waals surface area contributed by atoms with Crippen molar-refractivity contribution in [1.82, 2.24) is 15.1 Å². The normalized spacial score (nSPS) is 12.5. The van der Waals surface area contributed by atoms with Crippen molar-refractivity contribution in [3.63, 3.8) is 0 Å². The molecule has 0 aliphatic heterocycles. The highest BCUT2D eigenvalue weighted by Crippen LogP contribution is 2.03. The Hall–Kier alpha value is -1.65. The van der Waals surface area contributed by atoms with E-state index in [2.05, 4.69) is 17.3 Å². The molecule has 0 radical (unpaired) electrons. The summed E-state index contributed by atoms with van der Waals surface area (Å²) < 4.78 is 1.90. The van der Waals surface area contributed by atoms with Gasteiger partial charge in [-0.3, -0.25) is 4.68 Å². The zero-order valence-electron chi connectivity index (χ0n) is 11.3. The minimum absolute atomic E-state index is 0.358. The number of rotatable bonds is 7. The van der Waals surface area contributed by atoms with E-state index in [1.165, 1.54) is 0 Å². The fraction of sp³-hybridized carbons (Fsp3) is 0.400. The van der Waals surface area contributed by atoms with Crippen molar-refractivity contribution in [1.29, 1.82) is 0 Å². The van der Waals surface area contributed by atoms with Gasteiger partial charge in [0.15, 0.2) is 0 Å². The first kappa shape index (κ1) is 13.8. The van der Waals surface area contributed by atoms with Crippen LogP contribution in [0.2, 0.25) is 0 Å². The van der Waals surface area contributed by atoms with E-state index in [4.69, 9.17) is 0 Å². The van der Waals surface area contributed by atoms with Crippen LogP contribution in [-0.2, 0) is 19.5 Å². The van der Waals surface area contributed by atoms with Crippen LogP contribution in [0, 0.1) is 0 Å². The van der Waals surface area contributed by atoms with E-state index in [-0.39, 0.29) is 6.10 Å². The lowest BCUT2D eigenvalue weighted by Crippen LogP contribution is -2.27. The lowest BCUT2D eigenvalue weighted by Gasteiger charge is -2.11. The number of aliphatic hydroxyl groups is 1. The SMILES string of the molecule is CCn1cc(CNCC(O)Cc2ccccc2)cn1. The number of hydrogen-bond acceptors (Lipinski definition) is 3. The number of aryl methyl sites for hydroxylation is 1. The second-order valence-corrected chi connectivity index (χ2v) is 4.68. The molecule has 0 spiro atoms. The molecule has 1 unspecified atom stereocenters. The molecule has 0 fully saturated rings. The van der Waals surface area contributed by atoms with E-state index in [1.807, 2.05) is 47.4 Å². The zero-order chi connectivity index (χ0) is 13.5. The van der Waals surface area contributed by atoms with Gasteiger partial charge in [-0.1, -0.05) is 30.3 Å². The van der Waals surface area contributed by atoms with Gasteiger partial charge in [0.05, 0.1) is 12.3 Å². The minimum Gasteiger partial charge on any atom is -0.391 e. The van der Waals surface area contributed by atoms with Gasteiger partial charge >= 0.3 is 0 Å². The van der Waals surface area contributed by atoms with Crippen molar-refractivity contribution < 1.29 is 5.11 Å². The molecule has 1 aromatic heterocycles. The fourth-order valence-electron chi connectivity index (χ4n) is 2.01. The molecular formula is C15H21N3O. The molecule has 4 nitrogen and oxygen atoms in total. The van der Waals surface area contributed by atoms with Gasteiger partial charge in [-0.05, 0) is 18.9 Å². The van der Waals surface area contributed by atoms with Crippen LogP contribution in [0.5, 0.6) is 0 Å². The molecule has 0 amide bonds. The monoisotopic (exact) mass is 259 g/mol. The summed E-state index contributed by atoms with van der Waals surface area (Å²) >= 11 is 0. The largest absolute Gasteiger partial charge is 0.391 e. The summed E-state index contributed by atoms with van der Waals surface area (Å²) in [5.41, 5.74) is 2.31. The Balaban J connectivity index is 1.70. The van der Waals surface area contributed by atoms with Crippen molar-refractivity contribution in [3.8, 4) is 0 Å². The Morgan fingerprint density at radius 2 is 2.05 bits per heavy atom. The quantitative estimate of drug-likeness (QED) is 0.794. The first-order chi connectivity index (χ1) is 9.28. The van der Waals surface area contributed by atoms with Gasteiger partial charge in [-0.25, -0.2) is 0 Å². The first-order valence-corrected chi connectivity index (χ1v) is 6.72. The topological polar surface area (TPSA) is 50.1 Å².